The van der Waals surface area contributed by atoms with E-state index in [1.165, 1.54) is 22.9 Å². The van der Waals surface area contributed by atoms with Crippen molar-refractivity contribution in [3.05, 3.63) is 35.2 Å². The summed E-state index contributed by atoms with van der Waals surface area (Å²) in [4.78, 5) is 14.1. The van der Waals surface area contributed by atoms with E-state index in [1.54, 1.807) is 25.3 Å². The molecule has 4 N–H and O–H groups in total. The van der Waals surface area contributed by atoms with Gasteiger partial charge in [-0.2, -0.15) is 9.78 Å². The molecule has 0 radical (unpaired) electrons. The van der Waals surface area contributed by atoms with E-state index >= 15 is 0 Å². The van der Waals surface area contributed by atoms with Crippen LogP contribution in [0.5, 0.6) is 11.5 Å². The molecule has 1 aromatic carbocycles. The van der Waals surface area contributed by atoms with E-state index in [1.807, 2.05) is 0 Å². The molecule has 0 atom stereocenters. The number of aromatic nitrogens is 5. The molecule has 1 fully saturated rings. The molecule has 4 rings (SSSR count). The highest BCUT2D eigenvalue weighted by Crippen LogP contribution is 2.29. The smallest absolute Gasteiger partial charge is 0.294 e. The first-order chi connectivity index (χ1) is 16.1. The van der Waals surface area contributed by atoms with Gasteiger partial charge in [0.1, 0.15) is 25.3 Å². The van der Waals surface area contributed by atoms with Gasteiger partial charge in [0.15, 0.2) is 17.2 Å². The number of morpholine rings is 1. The average Bonchev–Trinajstić information content (AvgIpc) is 3.45. The van der Waals surface area contributed by atoms with Crippen LogP contribution in [0.2, 0.25) is 0 Å². The van der Waals surface area contributed by atoms with E-state index in [9.17, 15) is 4.79 Å². The van der Waals surface area contributed by atoms with E-state index in [0.29, 0.717) is 42.5 Å². The number of hydrogen-bond acceptors (Lipinski definition) is 11. The van der Waals surface area contributed by atoms with Crippen molar-refractivity contribution in [1.29, 1.82) is 0 Å². The van der Waals surface area contributed by atoms with Gasteiger partial charge in [0, 0.05) is 5.56 Å². The Balaban J connectivity index is 1.58. The first kappa shape index (κ1) is 22.2. The summed E-state index contributed by atoms with van der Waals surface area (Å²) in [5.74, 6) is 0.693. The summed E-state index contributed by atoms with van der Waals surface area (Å²) in [5.41, 5.74) is 9.52. The first-order valence-electron chi connectivity index (χ1n) is 10.1. The normalized spacial score (nSPS) is 14.5. The second kappa shape index (κ2) is 10.1. The molecule has 1 amide bonds. The third kappa shape index (κ3) is 4.75. The Morgan fingerprint density at radius 2 is 2.12 bits per heavy atom. The van der Waals surface area contributed by atoms with Crippen molar-refractivity contribution in [3.63, 3.8) is 0 Å². The lowest BCUT2D eigenvalue weighted by atomic mass is 10.2. The molecule has 0 aliphatic carbocycles. The molecule has 14 heteroatoms. The fraction of sp³-hybridized carbons (Fsp3) is 0.368. The third-order valence-corrected chi connectivity index (χ3v) is 5.09. The van der Waals surface area contributed by atoms with E-state index in [0.717, 1.165) is 13.1 Å². The number of nitrogen functional groups attached to an aromatic ring is 1. The van der Waals surface area contributed by atoms with Crippen LogP contribution < -0.4 is 25.5 Å². The lowest BCUT2D eigenvalue weighted by molar-refractivity contribution is -0.921. The molecule has 14 nitrogen and oxygen atoms in total. The zero-order valence-electron chi connectivity index (χ0n) is 18.1. The monoisotopic (exact) mass is 458 g/mol. The quantitative estimate of drug-likeness (QED) is 0.265. The Kier molecular flexibility index (Phi) is 6.75. The predicted octanol–water partition coefficient (Wildman–Crippen LogP) is -1.57. The van der Waals surface area contributed by atoms with Crippen LogP contribution in [0.25, 0.3) is 5.82 Å². The number of carbonyl (C=O) groups is 1. The summed E-state index contributed by atoms with van der Waals surface area (Å²) in [7, 11) is 3.07. The number of nitrogens with zero attached hydrogens (tertiary/aromatic N) is 6. The lowest BCUT2D eigenvalue weighted by Gasteiger charge is -2.23. The van der Waals surface area contributed by atoms with E-state index in [-0.39, 0.29) is 17.3 Å². The lowest BCUT2D eigenvalue weighted by Crippen LogP contribution is -3.12. The van der Waals surface area contributed by atoms with Crippen LogP contribution in [-0.4, -0.2) is 78.0 Å². The molecule has 0 spiro atoms. The molecule has 0 unspecified atom stereocenters. The standard InChI is InChI=1S/C19H23N9O5/c1-30-14-5-3-4-12(16(14)31-2)10-21-23-19(29)15-13(11-27-6-8-32-9-7-27)28(26-22-15)18-17(20)24-33-25-18/h3-5,10H,6-9,11H2,1-2H3,(H2,20,24)(H,23,29)/p+1/b21-10-. The number of nitrogens with one attached hydrogen (secondary N) is 2. The van der Waals surface area contributed by atoms with Crippen LogP contribution in [0.3, 0.4) is 0 Å². The maximum Gasteiger partial charge on any atom is 0.294 e. The van der Waals surface area contributed by atoms with Gasteiger partial charge in [-0.3, -0.25) is 4.79 Å². The fourth-order valence-electron chi connectivity index (χ4n) is 3.45. The second-order valence-corrected chi connectivity index (χ2v) is 7.09. The molecule has 3 heterocycles. The topological polar surface area (TPSA) is 169 Å². The van der Waals surface area contributed by atoms with Crippen molar-refractivity contribution in [2.75, 3.05) is 46.3 Å². The summed E-state index contributed by atoms with van der Waals surface area (Å²) < 4.78 is 22.1. The van der Waals surface area contributed by atoms with E-state index in [2.05, 4.69) is 35.8 Å². The molecule has 174 valence electrons. The number of anilines is 1. The van der Waals surface area contributed by atoms with Gasteiger partial charge in [-0.1, -0.05) is 11.3 Å². The van der Waals surface area contributed by atoms with Gasteiger partial charge in [-0.05, 0) is 22.4 Å². The largest absolute Gasteiger partial charge is 0.493 e. The number of carbonyl (C=O) groups excluding carboxylic acids is 1. The number of benzene rings is 1. The fourth-order valence-corrected chi connectivity index (χ4v) is 3.45. The van der Waals surface area contributed by atoms with Crippen molar-refractivity contribution in [2.24, 2.45) is 5.10 Å². The summed E-state index contributed by atoms with van der Waals surface area (Å²) >= 11 is 0. The van der Waals surface area contributed by atoms with Crippen molar-refractivity contribution in [2.45, 2.75) is 6.54 Å². The van der Waals surface area contributed by atoms with Crippen molar-refractivity contribution in [1.82, 2.24) is 30.7 Å². The SMILES string of the molecule is COc1cccc(/C=N\NC(=O)c2nnn(-c3nonc3N)c2C[NH+]2CCOCC2)c1OC. The predicted molar refractivity (Wildman–Crippen MR) is 113 cm³/mol. The number of hydrogen-bond donors (Lipinski definition) is 3. The maximum atomic E-state index is 12.9. The van der Waals surface area contributed by atoms with Crippen LogP contribution in [0, 0.1) is 0 Å². The number of para-hydroxylation sites is 1. The number of rotatable bonds is 8. The van der Waals surface area contributed by atoms with Gasteiger partial charge in [0.05, 0.1) is 33.6 Å². The molecule has 0 saturated carbocycles. The Labute approximate surface area is 188 Å². The Morgan fingerprint density at radius 3 is 2.82 bits per heavy atom. The number of amides is 1. The van der Waals surface area contributed by atoms with Crippen LogP contribution in [0.15, 0.2) is 27.9 Å². The van der Waals surface area contributed by atoms with Crippen LogP contribution in [0.1, 0.15) is 21.7 Å². The van der Waals surface area contributed by atoms with Crippen LogP contribution in [0.4, 0.5) is 5.82 Å². The zero-order valence-corrected chi connectivity index (χ0v) is 18.1. The van der Waals surface area contributed by atoms with Crippen molar-refractivity contribution in [3.8, 4) is 17.3 Å². The average molecular weight is 458 g/mol. The van der Waals surface area contributed by atoms with E-state index in [4.69, 9.17) is 19.9 Å². The van der Waals surface area contributed by atoms with Gasteiger partial charge in [-0.25, -0.2) is 10.1 Å². The van der Waals surface area contributed by atoms with Crippen LogP contribution >= 0.6 is 0 Å². The highest BCUT2D eigenvalue weighted by Gasteiger charge is 2.28. The summed E-state index contributed by atoms with van der Waals surface area (Å²) in [6.45, 7) is 3.23. The first-order valence-corrected chi connectivity index (χ1v) is 10.1. The number of hydrazone groups is 1. The Hall–Kier alpha value is -4.04. The minimum Gasteiger partial charge on any atom is -0.493 e. The molecule has 2 aromatic heterocycles. The molecular weight excluding hydrogens is 434 g/mol. The molecule has 1 aliphatic rings. The Morgan fingerprint density at radius 1 is 1.30 bits per heavy atom. The molecule has 1 saturated heterocycles. The van der Waals surface area contributed by atoms with Crippen molar-refractivity contribution < 1.29 is 28.5 Å². The summed E-state index contributed by atoms with van der Waals surface area (Å²) in [6.07, 6.45) is 1.45. The number of ether oxygens (including phenoxy) is 3. The molecule has 1 aliphatic heterocycles. The van der Waals surface area contributed by atoms with Crippen molar-refractivity contribution >= 4 is 17.9 Å². The highest BCUT2D eigenvalue weighted by atomic mass is 16.6. The number of quaternary nitrogens is 1. The van der Waals surface area contributed by atoms with Gasteiger partial charge >= 0.3 is 0 Å². The Bertz CT molecular complexity index is 1140. The van der Waals surface area contributed by atoms with Gasteiger partial charge in [0.2, 0.25) is 11.6 Å². The summed E-state index contributed by atoms with van der Waals surface area (Å²) in [5, 5.41) is 19.5. The molecule has 0 bridgehead atoms. The molecule has 33 heavy (non-hydrogen) atoms. The molecular formula is C19H24N9O5+. The van der Waals surface area contributed by atoms with Gasteiger partial charge < -0.3 is 24.8 Å². The summed E-state index contributed by atoms with van der Waals surface area (Å²) in [6, 6.07) is 5.33. The zero-order chi connectivity index (χ0) is 23.2. The van der Waals surface area contributed by atoms with E-state index < -0.39 is 5.91 Å². The third-order valence-electron chi connectivity index (χ3n) is 5.09. The van der Waals surface area contributed by atoms with Crippen LogP contribution in [-0.2, 0) is 11.3 Å². The maximum absolute atomic E-state index is 12.9. The number of nitrogens with two attached hydrogens (primary N) is 1. The van der Waals surface area contributed by atoms with Gasteiger partial charge in [0.25, 0.3) is 5.91 Å². The highest BCUT2D eigenvalue weighted by molar-refractivity contribution is 5.94. The minimum atomic E-state index is -0.544. The number of methoxy groups -OCH3 is 2. The second-order valence-electron chi connectivity index (χ2n) is 7.09. The van der Waals surface area contributed by atoms with Gasteiger partial charge in [-0.15, -0.1) is 5.10 Å². The minimum absolute atomic E-state index is 0.0354. The molecule has 3 aromatic rings.